The third kappa shape index (κ3) is 4.57. The molecule has 0 unspecified atom stereocenters. The monoisotopic (exact) mass is 276 g/mol. The van der Waals surface area contributed by atoms with E-state index in [4.69, 9.17) is 0 Å². The molecule has 5 nitrogen and oxygen atoms in total. The summed E-state index contributed by atoms with van der Waals surface area (Å²) < 4.78 is 23.2. The third-order valence-corrected chi connectivity index (χ3v) is 5.60. The van der Waals surface area contributed by atoms with Gasteiger partial charge < -0.3 is 10.6 Å². The lowest BCUT2D eigenvalue weighted by atomic mass is 9.93. The molecule has 0 radical (unpaired) electrons. The van der Waals surface area contributed by atoms with E-state index in [1.54, 1.807) is 13.8 Å². The molecular formula is C12H24N2O3S. The summed E-state index contributed by atoms with van der Waals surface area (Å²) in [6, 6.07) is 0.254. The highest BCUT2D eigenvalue weighted by Crippen LogP contribution is 2.14. The highest BCUT2D eigenvalue weighted by molar-refractivity contribution is 7.92. The molecule has 18 heavy (non-hydrogen) atoms. The zero-order valence-corrected chi connectivity index (χ0v) is 12.2. The molecule has 1 fully saturated rings. The number of rotatable bonds is 5. The first-order valence-corrected chi connectivity index (χ1v) is 8.26. The highest BCUT2D eigenvalue weighted by atomic mass is 32.2. The number of hydrogen-bond donors (Lipinski definition) is 2. The van der Waals surface area contributed by atoms with Crippen molar-refractivity contribution in [2.24, 2.45) is 5.92 Å². The van der Waals surface area contributed by atoms with Crippen molar-refractivity contribution < 1.29 is 13.2 Å². The Labute approximate surface area is 110 Å². The normalized spacial score (nSPS) is 25.1. The van der Waals surface area contributed by atoms with E-state index in [0.717, 1.165) is 19.4 Å². The molecular weight excluding hydrogens is 252 g/mol. The second-order valence-corrected chi connectivity index (χ2v) is 7.90. The lowest BCUT2D eigenvalue weighted by Gasteiger charge is -2.30. The van der Waals surface area contributed by atoms with Crippen molar-refractivity contribution >= 4 is 15.7 Å². The SMILES string of the molecule is CC(C)S(=O)(=O)CC(=O)NC[C@H]1NCCC[C@H]1C. The molecule has 1 heterocycles. The fourth-order valence-corrected chi connectivity index (χ4v) is 2.81. The van der Waals surface area contributed by atoms with E-state index in [0.29, 0.717) is 12.5 Å². The van der Waals surface area contributed by atoms with Crippen LogP contribution in [0.4, 0.5) is 0 Å². The summed E-state index contributed by atoms with van der Waals surface area (Å²) in [5.74, 6) is -0.296. The molecule has 0 aromatic rings. The van der Waals surface area contributed by atoms with Gasteiger partial charge in [-0.3, -0.25) is 4.79 Å². The molecule has 106 valence electrons. The Morgan fingerprint density at radius 2 is 2.11 bits per heavy atom. The van der Waals surface area contributed by atoms with Crippen LogP contribution in [0.1, 0.15) is 33.6 Å². The van der Waals surface area contributed by atoms with Crippen LogP contribution in [0.2, 0.25) is 0 Å². The predicted molar refractivity (Wildman–Crippen MR) is 72.1 cm³/mol. The van der Waals surface area contributed by atoms with E-state index in [2.05, 4.69) is 17.6 Å². The quantitative estimate of drug-likeness (QED) is 0.758. The van der Waals surface area contributed by atoms with Gasteiger partial charge in [0.25, 0.3) is 0 Å². The van der Waals surface area contributed by atoms with E-state index in [1.807, 2.05) is 0 Å². The number of carbonyl (C=O) groups excluding carboxylic acids is 1. The van der Waals surface area contributed by atoms with Crippen LogP contribution in [-0.2, 0) is 14.6 Å². The van der Waals surface area contributed by atoms with Gasteiger partial charge in [-0.1, -0.05) is 6.92 Å². The van der Waals surface area contributed by atoms with Crippen molar-refractivity contribution in [2.45, 2.75) is 44.9 Å². The molecule has 1 amide bonds. The Bertz CT molecular complexity index is 379. The van der Waals surface area contributed by atoms with Crippen LogP contribution in [0.15, 0.2) is 0 Å². The minimum absolute atomic E-state index is 0.254. The zero-order valence-electron chi connectivity index (χ0n) is 11.4. The van der Waals surface area contributed by atoms with Gasteiger partial charge in [0.2, 0.25) is 5.91 Å². The molecule has 1 saturated heterocycles. The van der Waals surface area contributed by atoms with Crippen molar-refractivity contribution in [3.63, 3.8) is 0 Å². The van der Waals surface area contributed by atoms with E-state index in [9.17, 15) is 13.2 Å². The van der Waals surface area contributed by atoms with Crippen LogP contribution in [0.5, 0.6) is 0 Å². The van der Waals surface area contributed by atoms with Gasteiger partial charge in [-0.25, -0.2) is 8.42 Å². The second-order valence-electron chi connectivity index (χ2n) is 5.34. The zero-order chi connectivity index (χ0) is 13.8. The molecule has 0 saturated carbocycles. The number of hydrogen-bond acceptors (Lipinski definition) is 4. The maximum absolute atomic E-state index is 11.6. The van der Waals surface area contributed by atoms with Gasteiger partial charge in [0, 0.05) is 12.6 Å². The molecule has 0 aromatic carbocycles. The van der Waals surface area contributed by atoms with Gasteiger partial charge in [-0.15, -0.1) is 0 Å². The Morgan fingerprint density at radius 3 is 2.67 bits per heavy atom. The maximum Gasteiger partial charge on any atom is 0.235 e. The Hall–Kier alpha value is -0.620. The average Bonchev–Trinajstić information content (AvgIpc) is 2.27. The van der Waals surface area contributed by atoms with Crippen molar-refractivity contribution in [1.82, 2.24) is 10.6 Å². The minimum atomic E-state index is -3.30. The molecule has 0 spiro atoms. The van der Waals surface area contributed by atoms with Crippen molar-refractivity contribution in [3.8, 4) is 0 Å². The first kappa shape index (κ1) is 15.4. The molecule has 1 aliphatic heterocycles. The van der Waals surface area contributed by atoms with E-state index < -0.39 is 26.7 Å². The summed E-state index contributed by atoms with van der Waals surface area (Å²) in [7, 11) is -3.30. The first-order chi connectivity index (χ1) is 8.33. The largest absolute Gasteiger partial charge is 0.354 e. The van der Waals surface area contributed by atoms with Crippen molar-refractivity contribution in [1.29, 1.82) is 0 Å². The van der Waals surface area contributed by atoms with E-state index in [1.165, 1.54) is 0 Å². The van der Waals surface area contributed by atoms with Gasteiger partial charge in [0.15, 0.2) is 9.84 Å². The number of carbonyl (C=O) groups is 1. The van der Waals surface area contributed by atoms with Crippen LogP contribution >= 0.6 is 0 Å². The molecule has 0 aromatic heterocycles. The van der Waals surface area contributed by atoms with Gasteiger partial charge in [-0.2, -0.15) is 0 Å². The summed E-state index contributed by atoms with van der Waals surface area (Å²) >= 11 is 0. The Morgan fingerprint density at radius 1 is 1.44 bits per heavy atom. The van der Waals surface area contributed by atoms with E-state index >= 15 is 0 Å². The number of piperidine rings is 1. The standard InChI is InChI=1S/C12H24N2O3S/c1-9(2)18(16,17)8-12(15)14-7-11-10(3)5-4-6-13-11/h9-11,13H,4-8H2,1-3H3,(H,14,15)/t10-,11-/m1/s1. The lowest BCUT2D eigenvalue weighted by Crippen LogP contribution is -2.48. The Kier molecular flexibility index (Phi) is 5.59. The van der Waals surface area contributed by atoms with Gasteiger partial charge >= 0.3 is 0 Å². The van der Waals surface area contributed by atoms with Crippen molar-refractivity contribution in [3.05, 3.63) is 0 Å². The smallest absolute Gasteiger partial charge is 0.235 e. The van der Waals surface area contributed by atoms with Crippen molar-refractivity contribution in [2.75, 3.05) is 18.8 Å². The molecule has 1 aliphatic rings. The van der Waals surface area contributed by atoms with Gasteiger partial charge in [0.1, 0.15) is 5.75 Å². The minimum Gasteiger partial charge on any atom is -0.354 e. The van der Waals surface area contributed by atoms with Gasteiger partial charge in [0.05, 0.1) is 5.25 Å². The van der Waals surface area contributed by atoms with Crippen LogP contribution < -0.4 is 10.6 Å². The summed E-state index contributed by atoms with van der Waals surface area (Å²) in [4.78, 5) is 11.6. The average molecular weight is 276 g/mol. The summed E-state index contributed by atoms with van der Waals surface area (Å²) in [6.07, 6.45) is 2.31. The number of amides is 1. The van der Waals surface area contributed by atoms with E-state index in [-0.39, 0.29) is 6.04 Å². The maximum atomic E-state index is 11.6. The number of nitrogens with one attached hydrogen (secondary N) is 2. The predicted octanol–water partition coefficient (Wildman–Crippen LogP) is 0.314. The molecule has 2 atom stereocenters. The topological polar surface area (TPSA) is 75.3 Å². The summed E-state index contributed by atoms with van der Waals surface area (Å²) in [5.41, 5.74) is 0. The van der Waals surface area contributed by atoms with Crippen LogP contribution in [-0.4, -0.2) is 44.5 Å². The summed E-state index contributed by atoms with van der Waals surface area (Å²) in [6.45, 7) is 6.80. The Balaban J connectivity index is 2.37. The molecule has 0 aliphatic carbocycles. The molecule has 1 rings (SSSR count). The van der Waals surface area contributed by atoms with Crippen LogP contribution in [0.25, 0.3) is 0 Å². The molecule has 2 N–H and O–H groups in total. The highest BCUT2D eigenvalue weighted by Gasteiger charge is 2.23. The van der Waals surface area contributed by atoms with Gasteiger partial charge in [-0.05, 0) is 39.2 Å². The fraction of sp³-hybridized carbons (Fsp3) is 0.917. The second kappa shape index (κ2) is 6.52. The summed E-state index contributed by atoms with van der Waals surface area (Å²) in [5, 5.41) is 5.55. The molecule has 0 bridgehead atoms. The van der Waals surface area contributed by atoms with Crippen LogP contribution in [0.3, 0.4) is 0 Å². The van der Waals surface area contributed by atoms with Crippen LogP contribution in [0, 0.1) is 5.92 Å². The molecule has 6 heteroatoms. The number of sulfone groups is 1. The fourth-order valence-electron chi connectivity index (χ4n) is 2.01. The lowest BCUT2D eigenvalue weighted by molar-refractivity contribution is -0.118. The third-order valence-electron chi connectivity index (χ3n) is 3.50. The first-order valence-electron chi connectivity index (χ1n) is 6.54.